The Morgan fingerprint density at radius 2 is 1.91 bits per heavy atom. The lowest BCUT2D eigenvalue weighted by Crippen LogP contribution is -2.39. The van der Waals surface area contributed by atoms with Gasteiger partial charge in [-0.2, -0.15) is 0 Å². The molecule has 0 bridgehead atoms. The van der Waals surface area contributed by atoms with Crippen molar-refractivity contribution in [2.75, 3.05) is 44.3 Å². The summed E-state index contributed by atoms with van der Waals surface area (Å²) >= 11 is 1.50. The van der Waals surface area contributed by atoms with Crippen molar-refractivity contribution in [2.24, 2.45) is 0 Å². The molecule has 0 spiro atoms. The number of halogens is 1. The van der Waals surface area contributed by atoms with E-state index >= 15 is 0 Å². The van der Waals surface area contributed by atoms with E-state index in [1.165, 1.54) is 29.5 Å². The number of para-hydroxylation sites is 1. The number of benzene rings is 2. The van der Waals surface area contributed by atoms with Crippen molar-refractivity contribution in [1.29, 1.82) is 0 Å². The van der Waals surface area contributed by atoms with E-state index in [1.54, 1.807) is 23.1 Å². The Labute approximate surface area is 202 Å². The third-order valence-electron chi connectivity index (χ3n) is 5.26. The molecule has 1 aliphatic rings. The Morgan fingerprint density at radius 1 is 1.18 bits per heavy atom. The maximum Gasteiger partial charge on any atom is 0.269 e. The molecule has 33 heavy (non-hydrogen) atoms. The molecule has 0 radical (unpaired) electrons. The summed E-state index contributed by atoms with van der Waals surface area (Å²) < 4.78 is 6.44. The maximum atomic E-state index is 13.1. The van der Waals surface area contributed by atoms with Gasteiger partial charge < -0.3 is 4.74 Å². The normalized spacial score (nSPS) is 14.3. The first-order chi connectivity index (χ1) is 15.6. The molecule has 0 N–H and O–H groups in total. The van der Waals surface area contributed by atoms with E-state index in [2.05, 4.69) is 9.88 Å². The molecule has 1 aromatic heterocycles. The number of aromatic nitrogens is 1. The number of hydrogen-bond acceptors (Lipinski definition) is 7. The van der Waals surface area contributed by atoms with Crippen LogP contribution in [0.3, 0.4) is 0 Å². The van der Waals surface area contributed by atoms with Crippen LogP contribution in [0.4, 0.5) is 10.8 Å². The van der Waals surface area contributed by atoms with Gasteiger partial charge in [-0.15, -0.1) is 12.4 Å². The molecule has 0 saturated carbocycles. The fourth-order valence-electron chi connectivity index (χ4n) is 3.52. The molecule has 1 fully saturated rings. The number of anilines is 1. The van der Waals surface area contributed by atoms with Crippen molar-refractivity contribution in [2.45, 2.75) is 6.42 Å². The highest BCUT2D eigenvalue weighted by Crippen LogP contribution is 2.29. The summed E-state index contributed by atoms with van der Waals surface area (Å²) in [6.07, 6.45) is 4.00. The molecule has 174 valence electrons. The number of nitrogens with zero attached hydrogens (tertiary/aromatic N) is 4. The van der Waals surface area contributed by atoms with Crippen molar-refractivity contribution in [1.82, 2.24) is 9.88 Å². The molecule has 1 amide bonds. The second-order valence-corrected chi connectivity index (χ2v) is 8.45. The average molecular weight is 489 g/mol. The van der Waals surface area contributed by atoms with Crippen LogP contribution < -0.4 is 4.90 Å². The standard InChI is InChI=1S/C23H24N4O4S.ClH/c28-22(11-8-18-6-9-19(10-7-18)27(29)30)26(13-3-12-25-14-16-31-17-15-25)23-24-20-4-1-2-5-21(20)32-23;/h1-2,4-11H,3,12-17H2;1H/b11-8+;. The minimum atomic E-state index is -0.442. The highest BCUT2D eigenvalue weighted by atomic mass is 35.5. The molecular weight excluding hydrogens is 464 g/mol. The van der Waals surface area contributed by atoms with Crippen molar-refractivity contribution in [3.8, 4) is 0 Å². The molecule has 3 aromatic rings. The van der Waals surface area contributed by atoms with Crippen molar-refractivity contribution < 1.29 is 14.5 Å². The van der Waals surface area contributed by atoms with Crippen LogP contribution in [0.1, 0.15) is 12.0 Å². The summed E-state index contributed by atoms with van der Waals surface area (Å²) in [6.45, 7) is 4.77. The molecule has 0 atom stereocenters. The minimum Gasteiger partial charge on any atom is -0.379 e. The number of carbonyl (C=O) groups is 1. The number of fused-ring (bicyclic) bond motifs is 1. The van der Waals surface area contributed by atoms with Crippen LogP contribution >= 0.6 is 23.7 Å². The van der Waals surface area contributed by atoms with Crippen molar-refractivity contribution >= 4 is 56.8 Å². The summed E-state index contributed by atoms with van der Waals surface area (Å²) in [5.74, 6) is -0.163. The summed E-state index contributed by atoms with van der Waals surface area (Å²) in [6, 6.07) is 14.0. The van der Waals surface area contributed by atoms with E-state index in [4.69, 9.17) is 4.74 Å². The zero-order valence-electron chi connectivity index (χ0n) is 18.0. The number of amides is 1. The SMILES string of the molecule is Cl.O=C(/C=C/c1ccc([N+](=O)[O-])cc1)N(CCCN1CCOCC1)c1nc2ccccc2s1. The number of carbonyl (C=O) groups excluding carboxylic acids is 1. The van der Waals surface area contributed by atoms with Gasteiger partial charge in [0.25, 0.3) is 11.6 Å². The van der Waals surface area contributed by atoms with Crippen molar-refractivity contribution in [3.63, 3.8) is 0 Å². The van der Waals surface area contributed by atoms with Crippen LogP contribution in [-0.4, -0.2) is 60.1 Å². The highest BCUT2D eigenvalue weighted by molar-refractivity contribution is 7.22. The van der Waals surface area contributed by atoms with Crippen molar-refractivity contribution in [3.05, 3.63) is 70.3 Å². The first kappa shape index (κ1) is 24.8. The van der Waals surface area contributed by atoms with Gasteiger partial charge in [-0.25, -0.2) is 4.98 Å². The Morgan fingerprint density at radius 3 is 2.61 bits per heavy atom. The Bertz CT molecular complexity index is 1080. The predicted molar refractivity (Wildman–Crippen MR) is 133 cm³/mol. The average Bonchev–Trinajstić information content (AvgIpc) is 3.25. The van der Waals surface area contributed by atoms with Crippen LogP contribution in [-0.2, 0) is 9.53 Å². The Hall–Kier alpha value is -2.85. The molecule has 1 saturated heterocycles. The summed E-state index contributed by atoms with van der Waals surface area (Å²) in [4.78, 5) is 32.2. The van der Waals surface area contributed by atoms with Gasteiger partial charge in [0.2, 0.25) is 0 Å². The first-order valence-corrected chi connectivity index (χ1v) is 11.3. The van der Waals surface area contributed by atoms with E-state index in [9.17, 15) is 14.9 Å². The van der Waals surface area contributed by atoms with Gasteiger partial charge >= 0.3 is 0 Å². The molecule has 0 aliphatic carbocycles. The van der Waals surface area contributed by atoms with Gasteiger partial charge in [0, 0.05) is 44.4 Å². The molecular formula is C23H25ClN4O4S. The molecule has 8 nitrogen and oxygen atoms in total. The molecule has 4 rings (SSSR count). The topological polar surface area (TPSA) is 88.8 Å². The van der Waals surface area contributed by atoms with E-state index in [0.717, 1.165) is 55.0 Å². The Kier molecular flexibility index (Phi) is 8.90. The third-order valence-corrected chi connectivity index (χ3v) is 6.32. The van der Waals surface area contributed by atoms with E-state index in [1.807, 2.05) is 24.3 Å². The van der Waals surface area contributed by atoms with Crippen LogP contribution in [0.5, 0.6) is 0 Å². The fraction of sp³-hybridized carbons (Fsp3) is 0.304. The van der Waals surface area contributed by atoms with E-state index < -0.39 is 4.92 Å². The summed E-state index contributed by atoms with van der Waals surface area (Å²) in [5, 5.41) is 11.5. The zero-order valence-corrected chi connectivity index (χ0v) is 19.6. The maximum absolute atomic E-state index is 13.1. The monoisotopic (exact) mass is 488 g/mol. The lowest BCUT2D eigenvalue weighted by atomic mass is 10.2. The van der Waals surface area contributed by atoms with Crippen LogP contribution in [0.25, 0.3) is 16.3 Å². The number of non-ortho nitro benzene ring substituents is 1. The molecule has 0 unspecified atom stereocenters. The van der Waals surface area contributed by atoms with E-state index in [0.29, 0.717) is 11.7 Å². The molecule has 1 aliphatic heterocycles. The predicted octanol–water partition coefficient (Wildman–Crippen LogP) is 4.40. The quantitative estimate of drug-likeness (QED) is 0.265. The number of morpholine rings is 1. The van der Waals surface area contributed by atoms with E-state index in [-0.39, 0.29) is 24.0 Å². The molecule has 10 heteroatoms. The summed E-state index contributed by atoms with van der Waals surface area (Å²) in [7, 11) is 0. The number of nitro benzene ring substituents is 1. The van der Waals surface area contributed by atoms with Crippen LogP contribution in [0, 0.1) is 10.1 Å². The Balaban J connectivity index is 0.00000306. The fourth-order valence-corrected chi connectivity index (χ4v) is 4.51. The van der Waals surface area contributed by atoms with Crippen LogP contribution in [0.2, 0.25) is 0 Å². The van der Waals surface area contributed by atoms with Gasteiger partial charge in [-0.3, -0.25) is 24.7 Å². The summed E-state index contributed by atoms with van der Waals surface area (Å²) in [5.41, 5.74) is 1.62. The minimum absolute atomic E-state index is 0. The molecule has 2 heterocycles. The lowest BCUT2D eigenvalue weighted by molar-refractivity contribution is -0.384. The molecule has 2 aromatic carbocycles. The number of nitro groups is 1. The third kappa shape index (κ3) is 6.58. The second kappa shape index (κ2) is 11.9. The zero-order chi connectivity index (χ0) is 22.3. The van der Waals surface area contributed by atoms with Gasteiger partial charge in [-0.1, -0.05) is 23.5 Å². The largest absolute Gasteiger partial charge is 0.379 e. The van der Waals surface area contributed by atoms with Gasteiger partial charge in [0.1, 0.15) is 0 Å². The first-order valence-electron chi connectivity index (χ1n) is 10.5. The highest BCUT2D eigenvalue weighted by Gasteiger charge is 2.19. The smallest absolute Gasteiger partial charge is 0.269 e. The number of ether oxygens (including phenoxy) is 1. The second-order valence-electron chi connectivity index (χ2n) is 7.44. The van der Waals surface area contributed by atoms with Gasteiger partial charge in [0.05, 0.1) is 28.4 Å². The van der Waals surface area contributed by atoms with Gasteiger partial charge in [-0.05, 0) is 42.3 Å². The number of hydrogen-bond donors (Lipinski definition) is 0. The lowest BCUT2D eigenvalue weighted by Gasteiger charge is -2.27. The van der Waals surface area contributed by atoms with Crippen LogP contribution in [0.15, 0.2) is 54.6 Å². The number of rotatable bonds is 8. The number of thiazole rings is 1. The van der Waals surface area contributed by atoms with Gasteiger partial charge in [0.15, 0.2) is 5.13 Å².